The molecule has 0 aliphatic rings. The number of hydrogen-bond acceptors (Lipinski definition) is 3. The van der Waals surface area contributed by atoms with Crippen molar-refractivity contribution in [2.75, 3.05) is 6.26 Å². The maximum absolute atomic E-state index is 9.08. The summed E-state index contributed by atoms with van der Waals surface area (Å²) in [7, 11) is 0.0833. The summed E-state index contributed by atoms with van der Waals surface area (Å²) < 4.78 is 31.2. The van der Waals surface area contributed by atoms with Crippen molar-refractivity contribution in [3.63, 3.8) is 0 Å². The average Bonchev–Trinajstić information content (AvgIpc) is 2.09. The van der Waals surface area contributed by atoms with Crippen molar-refractivity contribution in [2.24, 2.45) is 14.1 Å². The van der Waals surface area contributed by atoms with E-state index in [2.05, 4.69) is 0 Å². The van der Waals surface area contributed by atoms with Gasteiger partial charge >= 0.3 is 0 Å². The van der Waals surface area contributed by atoms with Crippen LogP contribution < -0.4 is 4.57 Å². The molecule has 0 radical (unpaired) electrons. The molecule has 0 amide bonds. The predicted molar refractivity (Wildman–Crippen MR) is 42.2 cm³/mol. The lowest BCUT2D eigenvalue weighted by atomic mass is 10.9. The van der Waals surface area contributed by atoms with Crippen molar-refractivity contribution in [2.45, 2.75) is 0 Å². The minimum absolute atomic E-state index is 0.604. The highest BCUT2D eigenvalue weighted by Gasteiger charge is 1.87. The molecule has 0 saturated carbocycles. The van der Waals surface area contributed by atoms with E-state index in [0.29, 0.717) is 6.26 Å². The molecule has 1 heterocycles. The molecular weight excluding hydrogens is 180 g/mol. The molecule has 0 spiro atoms. The lowest BCUT2D eigenvalue weighted by Crippen LogP contribution is -2.23. The van der Waals surface area contributed by atoms with E-state index >= 15 is 0 Å². The molecule has 1 aromatic rings. The quantitative estimate of drug-likeness (QED) is 0.391. The van der Waals surface area contributed by atoms with Gasteiger partial charge in [0.05, 0.1) is 24.2 Å². The van der Waals surface area contributed by atoms with Gasteiger partial charge in [0.25, 0.3) is 0 Å². The van der Waals surface area contributed by atoms with Gasteiger partial charge in [0.15, 0.2) is 0 Å². The van der Waals surface area contributed by atoms with Crippen molar-refractivity contribution in [3.05, 3.63) is 18.7 Å². The normalized spacial score (nSPS) is 10.3. The Morgan fingerprint density at radius 2 is 1.92 bits per heavy atom. The van der Waals surface area contributed by atoms with Crippen molar-refractivity contribution >= 4 is 10.1 Å². The highest BCUT2D eigenvalue weighted by atomic mass is 32.2. The van der Waals surface area contributed by atoms with Crippen molar-refractivity contribution in [3.8, 4) is 0 Å². The van der Waals surface area contributed by atoms with Gasteiger partial charge in [-0.15, -0.1) is 0 Å². The molecule has 0 fully saturated rings. The van der Waals surface area contributed by atoms with Gasteiger partial charge in [0.2, 0.25) is 6.33 Å². The zero-order valence-electron chi connectivity index (χ0n) is 7.26. The SMILES string of the molecule is CS(=O)(=O)[O-].Cn1cc[n+](C)c1. The Balaban J connectivity index is 0.000000217. The van der Waals surface area contributed by atoms with Gasteiger partial charge in [-0.1, -0.05) is 0 Å². The van der Waals surface area contributed by atoms with Gasteiger partial charge in [-0.3, -0.25) is 0 Å². The number of hydrogen-bond donors (Lipinski definition) is 0. The molecule has 5 nitrogen and oxygen atoms in total. The number of aryl methyl sites for hydroxylation is 2. The van der Waals surface area contributed by atoms with E-state index in [9.17, 15) is 0 Å². The number of rotatable bonds is 0. The van der Waals surface area contributed by atoms with Crippen LogP contribution in [-0.4, -0.2) is 23.8 Å². The molecule has 0 saturated heterocycles. The molecule has 1 aromatic heterocycles. The minimum Gasteiger partial charge on any atom is -0.748 e. The molecule has 12 heavy (non-hydrogen) atoms. The largest absolute Gasteiger partial charge is 0.748 e. The Bertz CT molecular complexity index is 304. The molecule has 0 bridgehead atoms. The van der Waals surface area contributed by atoms with E-state index in [4.69, 9.17) is 13.0 Å². The smallest absolute Gasteiger partial charge is 0.243 e. The summed E-state index contributed by atoms with van der Waals surface area (Å²) in [6.45, 7) is 0. The van der Waals surface area contributed by atoms with Crippen LogP contribution in [0.1, 0.15) is 0 Å². The Kier molecular flexibility index (Phi) is 3.91. The number of aromatic nitrogens is 2. The maximum Gasteiger partial charge on any atom is 0.243 e. The molecule has 6 heteroatoms. The highest BCUT2D eigenvalue weighted by Crippen LogP contribution is 1.70. The Morgan fingerprint density at radius 1 is 1.50 bits per heavy atom. The zero-order chi connectivity index (χ0) is 9.78. The number of nitrogens with zero attached hydrogens (tertiary/aromatic N) is 2. The molecule has 0 aliphatic heterocycles. The molecule has 70 valence electrons. The summed E-state index contributed by atoms with van der Waals surface area (Å²) in [6.07, 6.45) is 6.60. The Labute approximate surface area is 72.0 Å². The summed E-state index contributed by atoms with van der Waals surface area (Å²) in [5.41, 5.74) is 0. The summed E-state index contributed by atoms with van der Waals surface area (Å²) in [6, 6.07) is 0. The fourth-order valence-electron chi connectivity index (χ4n) is 0.575. The first-order valence-corrected chi connectivity index (χ1v) is 4.99. The molecule has 0 aliphatic carbocycles. The first kappa shape index (κ1) is 11.1. The fourth-order valence-corrected chi connectivity index (χ4v) is 0.575. The molecule has 0 aromatic carbocycles. The topological polar surface area (TPSA) is 66.0 Å². The second-order valence-corrected chi connectivity index (χ2v) is 3.86. The van der Waals surface area contributed by atoms with E-state index in [1.54, 1.807) is 0 Å². The van der Waals surface area contributed by atoms with E-state index in [-0.39, 0.29) is 0 Å². The number of imidazole rings is 1. The predicted octanol–water partition coefficient (Wildman–Crippen LogP) is -0.989. The van der Waals surface area contributed by atoms with Gasteiger partial charge in [-0.25, -0.2) is 17.6 Å². The van der Waals surface area contributed by atoms with Crippen molar-refractivity contribution in [1.82, 2.24) is 4.57 Å². The van der Waals surface area contributed by atoms with Crippen molar-refractivity contribution < 1.29 is 17.5 Å². The van der Waals surface area contributed by atoms with E-state index < -0.39 is 10.1 Å². The third-order valence-corrected chi connectivity index (χ3v) is 0.901. The molecule has 0 unspecified atom stereocenters. The summed E-state index contributed by atoms with van der Waals surface area (Å²) >= 11 is 0. The van der Waals surface area contributed by atoms with Crippen LogP contribution in [0, 0.1) is 0 Å². The average molecular weight is 192 g/mol. The van der Waals surface area contributed by atoms with Crippen LogP contribution in [-0.2, 0) is 24.2 Å². The molecule has 0 N–H and O–H groups in total. The highest BCUT2D eigenvalue weighted by molar-refractivity contribution is 7.84. The molecule has 0 atom stereocenters. The van der Waals surface area contributed by atoms with E-state index in [0.717, 1.165) is 0 Å². The fraction of sp³-hybridized carbons (Fsp3) is 0.500. The third-order valence-electron chi connectivity index (χ3n) is 0.901. The monoisotopic (exact) mass is 192 g/mol. The van der Waals surface area contributed by atoms with Gasteiger partial charge in [-0.05, 0) is 0 Å². The summed E-state index contributed by atoms with van der Waals surface area (Å²) in [4.78, 5) is 0. The minimum atomic E-state index is -3.92. The van der Waals surface area contributed by atoms with Gasteiger partial charge in [-0.2, -0.15) is 0 Å². The second-order valence-electron chi connectivity index (χ2n) is 2.45. The van der Waals surface area contributed by atoms with Crippen LogP contribution in [0.2, 0.25) is 0 Å². The molecule has 1 rings (SSSR count). The van der Waals surface area contributed by atoms with Crippen LogP contribution >= 0.6 is 0 Å². The lowest BCUT2D eigenvalue weighted by molar-refractivity contribution is -0.670. The lowest BCUT2D eigenvalue weighted by Gasteiger charge is -1.90. The van der Waals surface area contributed by atoms with Gasteiger partial charge in [0.1, 0.15) is 12.4 Å². The van der Waals surface area contributed by atoms with Crippen LogP contribution in [0.15, 0.2) is 18.7 Å². The maximum atomic E-state index is 9.08. The van der Waals surface area contributed by atoms with Gasteiger partial charge in [0, 0.05) is 6.26 Å². The summed E-state index contributed by atoms with van der Waals surface area (Å²) in [5, 5.41) is 0. The standard InChI is InChI=1S/C5H9N2.CH4O3S/c1-6-3-4-7(2)5-6;1-5(2,3)4/h3-5H,1-2H3;1H3,(H,2,3,4)/q+1;/p-1. The summed E-state index contributed by atoms with van der Waals surface area (Å²) in [5.74, 6) is 0. The van der Waals surface area contributed by atoms with Crippen LogP contribution in [0.3, 0.4) is 0 Å². The third kappa shape index (κ3) is 9.12. The van der Waals surface area contributed by atoms with Crippen LogP contribution in [0.5, 0.6) is 0 Å². The van der Waals surface area contributed by atoms with E-state index in [1.165, 1.54) is 0 Å². The zero-order valence-corrected chi connectivity index (χ0v) is 8.08. The Morgan fingerprint density at radius 3 is 2.00 bits per heavy atom. The van der Waals surface area contributed by atoms with Crippen molar-refractivity contribution in [1.29, 1.82) is 0 Å². The molecular formula is C6H12N2O3S. The van der Waals surface area contributed by atoms with Crippen LogP contribution in [0.4, 0.5) is 0 Å². The van der Waals surface area contributed by atoms with E-state index in [1.807, 2.05) is 42.0 Å². The second kappa shape index (κ2) is 4.22. The first-order chi connectivity index (χ1) is 5.29. The van der Waals surface area contributed by atoms with Crippen LogP contribution in [0.25, 0.3) is 0 Å². The Hall–Kier alpha value is -0.880. The first-order valence-electron chi connectivity index (χ1n) is 3.17. The van der Waals surface area contributed by atoms with Gasteiger partial charge < -0.3 is 4.55 Å².